The molecule has 2 aliphatic rings. The molecule has 1 unspecified atom stereocenters. The number of hydrogen-bond donors (Lipinski definition) is 0. The summed E-state index contributed by atoms with van der Waals surface area (Å²) in [6.45, 7) is 11.6. The van der Waals surface area contributed by atoms with E-state index in [0.29, 0.717) is 11.4 Å². The summed E-state index contributed by atoms with van der Waals surface area (Å²) in [5.41, 5.74) is 0.372. The largest absolute Gasteiger partial charge is 0.495 e. The van der Waals surface area contributed by atoms with E-state index in [9.17, 15) is 9.18 Å². The number of amides is 1. The highest BCUT2D eigenvalue weighted by Crippen LogP contribution is 2.36. The molecule has 0 radical (unpaired) electrons. The Morgan fingerprint density at radius 1 is 1.27 bits per heavy atom. The fourth-order valence-corrected chi connectivity index (χ4v) is 3.61. The van der Waals surface area contributed by atoms with Crippen LogP contribution in [0.2, 0.25) is 0 Å². The van der Waals surface area contributed by atoms with Crippen LogP contribution in [-0.4, -0.2) is 42.2 Å². The first kappa shape index (κ1) is 19.4. The third kappa shape index (κ3) is 3.81. The standard InChI is InChI=1S/C20H29BFNO3/c1-14-7-6-10-23(13-14)18(24)11-15-8-9-16(22)12-17(15)21-25-19(2,3)20(4,5)26-21/h8-9,12,14H,6-7,10-11,13H2,1-5H3. The highest BCUT2D eigenvalue weighted by atomic mass is 19.1. The molecule has 1 atom stereocenters. The molecule has 0 bridgehead atoms. The molecule has 1 aromatic rings. The molecule has 0 spiro atoms. The molecule has 1 amide bonds. The molecule has 3 rings (SSSR count). The van der Waals surface area contributed by atoms with E-state index in [1.54, 1.807) is 6.07 Å². The van der Waals surface area contributed by atoms with E-state index in [1.807, 2.05) is 32.6 Å². The van der Waals surface area contributed by atoms with Gasteiger partial charge in [0.1, 0.15) is 5.82 Å². The van der Waals surface area contributed by atoms with Gasteiger partial charge in [-0.2, -0.15) is 0 Å². The van der Waals surface area contributed by atoms with Crippen LogP contribution in [0, 0.1) is 11.7 Å². The average Bonchev–Trinajstić information content (AvgIpc) is 2.77. The van der Waals surface area contributed by atoms with E-state index < -0.39 is 18.3 Å². The number of hydrogen-bond acceptors (Lipinski definition) is 3. The van der Waals surface area contributed by atoms with Gasteiger partial charge in [-0.1, -0.05) is 13.0 Å². The zero-order chi connectivity index (χ0) is 19.1. The number of carbonyl (C=O) groups is 1. The highest BCUT2D eigenvalue weighted by Gasteiger charge is 2.52. The molecular weight excluding hydrogens is 332 g/mol. The van der Waals surface area contributed by atoms with Gasteiger partial charge in [-0.15, -0.1) is 0 Å². The summed E-state index contributed by atoms with van der Waals surface area (Å²) < 4.78 is 26.1. The zero-order valence-corrected chi connectivity index (χ0v) is 16.5. The van der Waals surface area contributed by atoms with Crippen molar-refractivity contribution in [2.75, 3.05) is 13.1 Å². The van der Waals surface area contributed by atoms with Gasteiger partial charge in [0.05, 0.1) is 17.6 Å². The maximum Gasteiger partial charge on any atom is 0.495 e. The Morgan fingerprint density at radius 2 is 1.92 bits per heavy atom. The predicted octanol–water partition coefficient (Wildman–Crippen LogP) is 2.93. The topological polar surface area (TPSA) is 38.8 Å². The second-order valence-corrected chi connectivity index (χ2v) is 8.70. The van der Waals surface area contributed by atoms with Gasteiger partial charge in [0.2, 0.25) is 5.91 Å². The van der Waals surface area contributed by atoms with Crippen molar-refractivity contribution in [3.8, 4) is 0 Å². The monoisotopic (exact) mass is 361 g/mol. The van der Waals surface area contributed by atoms with Crippen LogP contribution in [-0.2, 0) is 20.5 Å². The van der Waals surface area contributed by atoms with Gasteiger partial charge >= 0.3 is 7.12 Å². The maximum absolute atomic E-state index is 13.9. The van der Waals surface area contributed by atoms with Crippen molar-refractivity contribution in [2.45, 2.75) is 65.1 Å². The summed E-state index contributed by atoms with van der Waals surface area (Å²) in [7, 11) is -0.668. The molecule has 4 nitrogen and oxygen atoms in total. The van der Waals surface area contributed by atoms with Gasteiger partial charge in [-0.25, -0.2) is 4.39 Å². The smallest absolute Gasteiger partial charge is 0.399 e. The summed E-state index contributed by atoms with van der Waals surface area (Å²) in [5, 5.41) is 0. The van der Waals surface area contributed by atoms with E-state index in [4.69, 9.17) is 9.31 Å². The number of piperidine rings is 1. The number of carbonyl (C=O) groups excluding carboxylic acids is 1. The molecule has 1 aromatic carbocycles. The van der Waals surface area contributed by atoms with Crippen molar-refractivity contribution >= 4 is 18.5 Å². The zero-order valence-electron chi connectivity index (χ0n) is 16.5. The molecule has 2 heterocycles. The van der Waals surface area contributed by atoms with Crippen molar-refractivity contribution in [3.63, 3.8) is 0 Å². The number of halogens is 1. The third-order valence-corrected chi connectivity index (χ3v) is 5.97. The Kier molecular flexibility index (Phi) is 5.19. The van der Waals surface area contributed by atoms with Crippen molar-refractivity contribution in [1.82, 2.24) is 4.90 Å². The molecule has 142 valence electrons. The molecule has 2 saturated heterocycles. The molecule has 0 aromatic heterocycles. The second kappa shape index (κ2) is 6.97. The Labute approximate surface area is 156 Å². The normalized spacial score (nSPS) is 24.8. The van der Waals surface area contributed by atoms with Gasteiger partial charge in [0.25, 0.3) is 0 Å². The van der Waals surface area contributed by atoms with Crippen LogP contribution in [0.5, 0.6) is 0 Å². The SMILES string of the molecule is CC1CCCN(C(=O)Cc2ccc(F)cc2B2OC(C)(C)C(C)(C)O2)C1. The van der Waals surface area contributed by atoms with E-state index in [0.717, 1.165) is 25.1 Å². The van der Waals surface area contributed by atoms with Crippen molar-refractivity contribution in [2.24, 2.45) is 5.92 Å². The highest BCUT2D eigenvalue weighted by molar-refractivity contribution is 6.62. The van der Waals surface area contributed by atoms with Crippen LogP contribution in [0.15, 0.2) is 18.2 Å². The summed E-state index contributed by atoms with van der Waals surface area (Å²) in [6.07, 6.45) is 2.45. The number of rotatable bonds is 3. The lowest BCUT2D eigenvalue weighted by atomic mass is 9.75. The number of likely N-dealkylation sites (tertiary alicyclic amines) is 1. The summed E-state index contributed by atoms with van der Waals surface area (Å²) in [5.74, 6) is 0.266. The first-order chi connectivity index (χ1) is 12.1. The lowest BCUT2D eigenvalue weighted by molar-refractivity contribution is -0.132. The van der Waals surface area contributed by atoms with Crippen molar-refractivity contribution in [3.05, 3.63) is 29.6 Å². The van der Waals surface area contributed by atoms with Crippen LogP contribution in [0.3, 0.4) is 0 Å². The fraction of sp³-hybridized carbons (Fsp3) is 0.650. The molecule has 26 heavy (non-hydrogen) atoms. The predicted molar refractivity (Wildman–Crippen MR) is 101 cm³/mol. The minimum Gasteiger partial charge on any atom is -0.399 e. The van der Waals surface area contributed by atoms with Crippen LogP contribution < -0.4 is 5.46 Å². The minimum atomic E-state index is -0.668. The number of nitrogens with zero attached hydrogens (tertiary/aromatic N) is 1. The van der Waals surface area contributed by atoms with E-state index in [2.05, 4.69) is 6.92 Å². The molecule has 2 fully saturated rings. The molecule has 0 aliphatic carbocycles. The van der Waals surface area contributed by atoms with Crippen LogP contribution >= 0.6 is 0 Å². The number of benzene rings is 1. The lowest BCUT2D eigenvalue weighted by Crippen LogP contribution is -2.42. The van der Waals surface area contributed by atoms with Crippen LogP contribution in [0.1, 0.15) is 53.0 Å². The van der Waals surface area contributed by atoms with Crippen LogP contribution in [0.4, 0.5) is 4.39 Å². The maximum atomic E-state index is 13.9. The Hall–Kier alpha value is -1.40. The molecule has 0 N–H and O–H groups in total. The average molecular weight is 361 g/mol. The van der Waals surface area contributed by atoms with E-state index in [1.165, 1.54) is 18.6 Å². The Bertz CT molecular complexity index is 676. The van der Waals surface area contributed by atoms with Gasteiger partial charge in [-0.3, -0.25) is 4.79 Å². The van der Waals surface area contributed by atoms with Gasteiger partial charge in [-0.05, 0) is 69.6 Å². The minimum absolute atomic E-state index is 0.0842. The molecule has 6 heteroatoms. The van der Waals surface area contributed by atoms with Gasteiger partial charge < -0.3 is 14.2 Å². The third-order valence-electron chi connectivity index (χ3n) is 5.97. The Morgan fingerprint density at radius 3 is 2.54 bits per heavy atom. The Balaban J connectivity index is 1.82. The summed E-state index contributed by atoms with van der Waals surface area (Å²) in [4.78, 5) is 14.7. The first-order valence-electron chi connectivity index (χ1n) is 9.51. The van der Waals surface area contributed by atoms with E-state index in [-0.39, 0.29) is 18.1 Å². The molecule has 2 aliphatic heterocycles. The summed E-state index contributed by atoms with van der Waals surface area (Å²) >= 11 is 0. The lowest BCUT2D eigenvalue weighted by Gasteiger charge is -2.32. The van der Waals surface area contributed by atoms with Crippen molar-refractivity contribution in [1.29, 1.82) is 0 Å². The van der Waals surface area contributed by atoms with E-state index >= 15 is 0 Å². The summed E-state index contributed by atoms with van der Waals surface area (Å²) in [6, 6.07) is 4.51. The first-order valence-corrected chi connectivity index (χ1v) is 9.51. The molecular formula is C20H29BFNO3. The second-order valence-electron chi connectivity index (χ2n) is 8.70. The van der Waals surface area contributed by atoms with Crippen LogP contribution in [0.25, 0.3) is 0 Å². The van der Waals surface area contributed by atoms with Crippen molar-refractivity contribution < 1.29 is 18.5 Å². The van der Waals surface area contributed by atoms with Gasteiger partial charge in [0, 0.05) is 13.1 Å². The quantitative estimate of drug-likeness (QED) is 0.777. The fourth-order valence-electron chi connectivity index (χ4n) is 3.61. The molecule has 0 saturated carbocycles. The van der Waals surface area contributed by atoms with Gasteiger partial charge in [0.15, 0.2) is 0 Å².